The molecule has 0 radical (unpaired) electrons. The number of likely N-dealkylation sites (tertiary alicyclic amines) is 2. The molecule has 296 valence electrons. The molecule has 3 unspecified atom stereocenters. The summed E-state index contributed by atoms with van der Waals surface area (Å²) in [4.78, 5) is 32.1. The van der Waals surface area contributed by atoms with E-state index in [1.807, 2.05) is 0 Å². The second kappa shape index (κ2) is 14.8. The van der Waals surface area contributed by atoms with Crippen molar-refractivity contribution in [3.63, 3.8) is 0 Å². The fraction of sp³-hybridized carbons (Fsp3) is 0.512. The number of carbonyl (C=O) groups is 1. The van der Waals surface area contributed by atoms with E-state index in [4.69, 9.17) is 30.4 Å². The van der Waals surface area contributed by atoms with Gasteiger partial charge in [0.2, 0.25) is 5.88 Å². The molecule has 0 spiro atoms. The highest BCUT2D eigenvalue weighted by Gasteiger charge is 2.49. The van der Waals surface area contributed by atoms with Crippen molar-refractivity contribution in [3.05, 3.63) is 41.5 Å². The van der Waals surface area contributed by atoms with E-state index in [-0.39, 0.29) is 93.9 Å². The van der Waals surface area contributed by atoms with Crippen molar-refractivity contribution in [2.45, 2.75) is 50.7 Å². The van der Waals surface area contributed by atoms with Crippen molar-refractivity contribution in [1.82, 2.24) is 24.8 Å². The van der Waals surface area contributed by atoms with Gasteiger partial charge in [0.1, 0.15) is 39.6 Å². The van der Waals surface area contributed by atoms with Crippen molar-refractivity contribution in [2.75, 3.05) is 78.2 Å². The average Bonchev–Trinajstić information content (AvgIpc) is 3.52. The molecule has 1 amide bonds. The van der Waals surface area contributed by atoms with Crippen LogP contribution in [0.15, 0.2) is 24.3 Å². The van der Waals surface area contributed by atoms with Crippen LogP contribution in [0.5, 0.6) is 17.6 Å². The van der Waals surface area contributed by atoms with Crippen molar-refractivity contribution in [3.8, 4) is 41.2 Å². The number of rotatable bonds is 8. The highest BCUT2D eigenvalue weighted by atomic mass is 19.1. The molecule has 2 aromatic heterocycles. The number of benzene rings is 2. The maximum atomic E-state index is 17.3. The number of methoxy groups -OCH3 is 2. The molecule has 0 bridgehead atoms. The highest BCUT2D eigenvalue weighted by molar-refractivity contribution is 6.04. The van der Waals surface area contributed by atoms with Crippen molar-refractivity contribution in [2.24, 2.45) is 11.3 Å². The molecule has 13 nitrogen and oxygen atoms in total. The summed E-state index contributed by atoms with van der Waals surface area (Å²) in [6, 6.07) is 5.55. The lowest BCUT2D eigenvalue weighted by Crippen LogP contribution is -2.58. The number of hydrogen-bond donors (Lipinski definition) is 2. The summed E-state index contributed by atoms with van der Waals surface area (Å²) in [5.41, 5.74) is -1.94. The number of amides is 1. The van der Waals surface area contributed by atoms with Crippen LogP contribution < -0.4 is 14.4 Å². The molecular weight excluding hydrogens is 726 g/mol. The number of piperidine rings is 1. The summed E-state index contributed by atoms with van der Waals surface area (Å²) in [6.07, 6.45) is 10.4. The Morgan fingerprint density at radius 1 is 1.11 bits per heavy atom. The van der Waals surface area contributed by atoms with Gasteiger partial charge in [-0.1, -0.05) is 18.4 Å². The Morgan fingerprint density at radius 2 is 1.91 bits per heavy atom. The molecule has 15 heteroatoms. The first-order valence-corrected chi connectivity index (χ1v) is 19.1. The van der Waals surface area contributed by atoms with Gasteiger partial charge in [-0.2, -0.15) is 9.97 Å². The Hall–Kier alpha value is -5.04. The zero-order chi connectivity index (χ0) is 39.4. The molecule has 56 heavy (non-hydrogen) atoms. The Kier molecular flexibility index (Phi) is 10.0. The van der Waals surface area contributed by atoms with Gasteiger partial charge in [0.15, 0.2) is 5.82 Å². The van der Waals surface area contributed by atoms with E-state index in [0.29, 0.717) is 37.5 Å². The van der Waals surface area contributed by atoms with Gasteiger partial charge in [-0.3, -0.25) is 4.90 Å². The molecule has 8 rings (SSSR count). The summed E-state index contributed by atoms with van der Waals surface area (Å²) >= 11 is 0. The number of nitrogens with zero attached hydrogens (tertiary/aromatic N) is 6. The average molecular weight is 773 g/mol. The van der Waals surface area contributed by atoms with Crippen LogP contribution in [0.1, 0.15) is 44.6 Å². The third-order valence-corrected chi connectivity index (χ3v) is 11.9. The number of anilines is 1. The minimum Gasteiger partial charge on any atom is -0.508 e. The Bertz CT molecular complexity index is 2230. The molecule has 1 aliphatic carbocycles. The van der Waals surface area contributed by atoms with E-state index in [2.05, 4.69) is 20.8 Å². The van der Waals surface area contributed by atoms with Gasteiger partial charge < -0.3 is 39.0 Å². The number of aliphatic hydroxyl groups is 1. The van der Waals surface area contributed by atoms with E-state index in [1.54, 1.807) is 16.7 Å². The monoisotopic (exact) mass is 772 g/mol. The molecule has 1 saturated carbocycles. The number of ether oxygens (including phenoxy) is 4. The number of pyridine rings is 1. The van der Waals surface area contributed by atoms with Crippen LogP contribution >= 0.6 is 0 Å². The Balaban J connectivity index is 1.21. The van der Waals surface area contributed by atoms with Crippen LogP contribution in [0, 0.1) is 35.3 Å². The van der Waals surface area contributed by atoms with Gasteiger partial charge in [0.25, 0.3) is 0 Å². The SMILES string of the molecule is C#Cc1c(F)ccc2cc(O)cc(-c3nc(OC)c4c(N5CCOCC(C)(O)C5)nc(OCC56CCCC5N(CC5CN(C(=O)OC)C5)CCC6)nc4c3F)c12. The number of carbonyl (C=O) groups excluding carboxylic acids is 1. The van der Waals surface area contributed by atoms with Crippen LogP contribution in [0.4, 0.5) is 19.4 Å². The highest BCUT2D eigenvalue weighted by Crippen LogP contribution is 2.49. The summed E-state index contributed by atoms with van der Waals surface area (Å²) in [5.74, 6) is 1.18. The van der Waals surface area contributed by atoms with Crippen LogP contribution in [-0.4, -0.2) is 126 Å². The first-order chi connectivity index (χ1) is 26.9. The van der Waals surface area contributed by atoms with Crippen LogP contribution in [0.2, 0.25) is 0 Å². The molecule has 5 heterocycles. The molecule has 3 atom stereocenters. The van der Waals surface area contributed by atoms with Gasteiger partial charge in [-0.25, -0.2) is 18.6 Å². The summed E-state index contributed by atoms with van der Waals surface area (Å²) in [7, 11) is 2.79. The number of terminal acetylenes is 1. The number of β-amino-alcohol motifs (C(OH)–C–C–N with tert-alkyl or cyclic N) is 1. The fourth-order valence-corrected chi connectivity index (χ4v) is 9.39. The maximum Gasteiger partial charge on any atom is 0.409 e. The molecule has 3 aliphatic heterocycles. The number of phenolic OH excluding ortho intramolecular Hbond substituents is 1. The van der Waals surface area contributed by atoms with Gasteiger partial charge >= 0.3 is 12.1 Å². The third-order valence-electron chi connectivity index (χ3n) is 11.9. The first-order valence-electron chi connectivity index (χ1n) is 19.1. The molecule has 4 fully saturated rings. The zero-order valence-corrected chi connectivity index (χ0v) is 31.8. The second-order valence-electron chi connectivity index (χ2n) is 15.9. The molecule has 3 saturated heterocycles. The molecule has 2 aromatic carbocycles. The van der Waals surface area contributed by atoms with E-state index < -0.39 is 17.2 Å². The number of hydrogen-bond acceptors (Lipinski definition) is 12. The van der Waals surface area contributed by atoms with Gasteiger partial charge in [-0.15, -0.1) is 6.42 Å². The molecule has 2 N–H and O–H groups in total. The smallest absolute Gasteiger partial charge is 0.409 e. The van der Waals surface area contributed by atoms with Crippen molar-refractivity contribution in [1.29, 1.82) is 0 Å². The number of fused-ring (bicyclic) bond motifs is 3. The lowest BCUT2D eigenvalue weighted by Gasteiger charge is -2.49. The maximum absolute atomic E-state index is 17.3. The zero-order valence-electron chi connectivity index (χ0n) is 31.8. The minimum absolute atomic E-state index is 0.0305. The summed E-state index contributed by atoms with van der Waals surface area (Å²) < 4.78 is 55.3. The topological polar surface area (TPSA) is 143 Å². The quantitative estimate of drug-likeness (QED) is 0.230. The van der Waals surface area contributed by atoms with Crippen LogP contribution in [0.3, 0.4) is 0 Å². The lowest BCUT2D eigenvalue weighted by molar-refractivity contribution is -0.0242. The van der Waals surface area contributed by atoms with Gasteiger partial charge in [0.05, 0.1) is 46.1 Å². The molecular formula is C41H46F2N6O7. The van der Waals surface area contributed by atoms with Gasteiger partial charge in [-0.05, 0) is 62.7 Å². The molecule has 4 aliphatic rings. The Labute approximate surface area is 323 Å². The lowest BCUT2D eigenvalue weighted by atomic mass is 9.75. The standard InChI is InChI=1S/C41H46F2N6O7/c1-5-27-29(42)10-9-25-16-26(50)17-28(31(25)27)34-33(43)35-32(37(44-34)53-3)36(48-14-15-55-22-40(2,52)21-48)46-38(45-35)56-23-41-11-6-8-30(41)47(13-7-12-41)18-24-19-49(20-24)39(51)54-4/h1,9-10,16-17,24,30,50,52H,6-8,11-15,18-23H2,2-4H3. The van der Waals surface area contributed by atoms with E-state index in [9.17, 15) is 15.0 Å². The van der Waals surface area contributed by atoms with Crippen molar-refractivity contribution < 1.29 is 42.7 Å². The number of halogens is 2. The van der Waals surface area contributed by atoms with Crippen molar-refractivity contribution >= 4 is 33.6 Å². The van der Waals surface area contributed by atoms with E-state index in [0.717, 1.165) is 45.2 Å². The van der Waals surface area contributed by atoms with Crippen LogP contribution in [0.25, 0.3) is 32.9 Å². The summed E-state index contributed by atoms with van der Waals surface area (Å²) in [6.45, 7) is 5.91. The third kappa shape index (κ3) is 6.77. The minimum atomic E-state index is -1.26. The van der Waals surface area contributed by atoms with Crippen LogP contribution in [-0.2, 0) is 9.47 Å². The number of phenols is 1. The summed E-state index contributed by atoms with van der Waals surface area (Å²) in [5, 5.41) is 22.6. The predicted molar refractivity (Wildman–Crippen MR) is 204 cm³/mol. The fourth-order valence-electron chi connectivity index (χ4n) is 9.39. The first kappa shape index (κ1) is 37.9. The Morgan fingerprint density at radius 3 is 2.68 bits per heavy atom. The molecule has 4 aromatic rings. The van der Waals surface area contributed by atoms with E-state index in [1.165, 1.54) is 38.5 Å². The van der Waals surface area contributed by atoms with Gasteiger partial charge in [0, 0.05) is 54.5 Å². The largest absolute Gasteiger partial charge is 0.508 e. The van der Waals surface area contributed by atoms with E-state index >= 15 is 8.78 Å². The normalized spacial score (nSPS) is 24.4. The number of aromatic nitrogens is 3. The predicted octanol–water partition coefficient (Wildman–Crippen LogP) is 5.12. The number of aromatic hydroxyl groups is 1. The second-order valence-corrected chi connectivity index (χ2v) is 15.9.